The highest BCUT2D eigenvalue weighted by Crippen LogP contribution is 2.35. The molecule has 0 aliphatic carbocycles. The summed E-state index contributed by atoms with van der Waals surface area (Å²) in [6.45, 7) is 10.8. The van der Waals surface area contributed by atoms with Gasteiger partial charge in [0.15, 0.2) is 0 Å². The van der Waals surface area contributed by atoms with Gasteiger partial charge < -0.3 is 10.0 Å². The van der Waals surface area contributed by atoms with Crippen LogP contribution in [0.2, 0.25) is 0 Å². The van der Waals surface area contributed by atoms with E-state index in [1.807, 2.05) is 56.3 Å². The summed E-state index contributed by atoms with van der Waals surface area (Å²) in [4.78, 5) is 13.3. The zero-order valence-electron chi connectivity index (χ0n) is 19.9. The maximum Gasteiger partial charge on any atom is 0.221 e. The van der Waals surface area contributed by atoms with Gasteiger partial charge >= 0.3 is 0 Å². The van der Waals surface area contributed by atoms with Gasteiger partial charge in [0, 0.05) is 32.6 Å². The highest BCUT2D eigenvalue weighted by Gasteiger charge is 2.40. The molecule has 180 valence electrons. The molecular formula is C26H36N2O4S. The molecule has 2 heterocycles. The lowest BCUT2D eigenvalue weighted by atomic mass is 9.84. The van der Waals surface area contributed by atoms with Gasteiger partial charge in [0.25, 0.3) is 0 Å². The Morgan fingerprint density at radius 1 is 1.18 bits per heavy atom. The molecule has 0 saturated carbocycles. The van der Waals surface area contributed by atoms with E-state index in [4.69, 9.17) is 0 Å². The average molecular weight is 473 g/mol. The van der Waals surface area contributed by atoms with Crippen LogP contribution in [0.3, 0.4) is 0 Å². The Hall–Kier alpha value is -2.22. The quantitative estimate of drug-likeness (QED) is 0.637. The second-order valence-electron chi connectivity index (χ2n) is 9.20. The number of piperidine rings is 1. The van der Waals surface area contributed by atoms with Gasteiger partial charge in [0.05, 0.1) is 5.60 Å². The van der Waals surface area contributed by atoms with Crippen molar-refractivity contribution in [1.29, 1.82) is 0 Å². The predicted molar refractivity (Wildman–Crippen MR) is 132 cm³/mol. The molecule has 0 bridgehead atoms. The largest absolute Gasteiger partial charge is 0.385 e. The van der Waals surface area contributed by atoms with Crippen LogP contribution in [-0.4, -0.2) is 53.0 Å². The number of carbonyl (C=O) groups is 1. The molecule has 0 spiro atoms. The first-order valence-corrected chi connectivity index (χ1v) is 13.1. The zero-order chi connectivity index (χ0) is 24.2. The van der Waals surface area contributed by atoms with Crippen LogP contribution in [0.4, 0.5) is 0 Å². The lowest BCUT2D eigenvalue weighted by Crippen LogP contribution is -2.48. The molecule has 0 unspecified atom stereocenters. The zero-order valence-corrected chi connectivity index (χ0v) is 20.7. The van der Waals surface area contributed by atoms with E-state index in [-0.39, 0.29) is 11.9 Å². The summed E-state index contributed by atoms with van der Waals surface area (Å²) in [5.74, 6) is 0.0302. The predicted octanol–water partition coefficient (Wildman–Crippen LogP) is 3.89. The number of sulfonamides is 1. The molecule has 2 aliphatic heterocycles. The van der Waals surface area contributed by atoms with Gasteiger partial charge in [-0.25, -0.2) is 8.42 Å². The van der Waals surface area contributed by atoms with Gasteiger partial charge in [0.2, 0.25) is 15.9 Å². The maximum absolute atomic E-state index is 13.4. The van der Waals surface area contributed by atoms with Crippen LogP contribution >= 0.6 is 0 Å². The van der Waals surface area contributed by atoms with Crippen molar-refractivity contribution in [2.24, 2.45) is 0 Å². The van der Waals surface area contributed by atoms with Gasteiger partial charge in [-0.2, -0.15) is 4.31 Å². The number of aliphatic hydroxyl groups is 1. The fraction of sp³-hybridized carbons (Fsp3) is 0.500. The van der Waals surface area contributed by atoms with E-state index in [0.29, 0.717) is 44.5 Å². The van der Waals surface area contributed by atoms with Crippen LogP contribution in [0.25, 0.3) is 0 Å². The topological polar surface area (TPSA) is 77.9 Å². The normalized spacial score (nSPS) is 25.5. The van der Waals surface area contributed by atoms with E-state index in [9.17, 15) is 18.3 Å². The van der Waals surface area contributed by atoms with E-state index in [1.54, 1.807) is 22.2 Å². The monoisotopic (exact) mass is 472 g/mol. The van der Waals surface area contributed by atoms with Crippen molar-refractivity contribution >= 4 is 15.9 Å². The molecular weight excluding hydrogens is 436 g/mol. The summed E-state index contributed by atoms with van der Waals surface area (Å²) in [7, 11) is -3.53. The molecule has 2 saturated heterocycles. The number of amides is 1. The van der Waals surface area contributed by atoms with Crippen molar-refractivity contribution in [3.8, 4) is 0 Å². The summed E-state index contributed by atoms with van der Waals surface area (Å²) in [5.41, 5.74) is 1.34. The Morgan fingerprint density at radius 2 is 1.82 bits per heavy atom. The number of rotatable bonds is 6. The van der Waals surface area contributed by atoms with Crippen LogP contribution in [-0.2, 0) is 27.0 Å². The minimum Gasteiger partial charge on any atom is -0.385 e. The van der Waals surface area contributed by atoms with Crippen LogP contribution in [0.5, 0.6) is 0 Å². The SMILES string of the molecule is C=C(/C=C\C=C/C)[C@H]1CC[C@H](C)N(Cc2ccc(C3(O)CCN(C(C)=O)CC3)cc2)S1(=O)=O. The molecule has 2 aliphatic rings. The molecule has 6 nitrogen and oxygen atoms in total. The van der Waals surface area contributed by atoms with Gasteiger partial charge in [-0.05, 0) is 56.2 Å². The Bertz CT molecular complexity index is 1020. The maximum atomic E-state index is 13.4. The summed E-state index contributed by atoms with van der Waals surface area (Å²) < 4.78 is 28.4. The Balaban J connectivity index is 1.73. The second-order valence-corrected chi connectivity index (χ2v) is 11.3. The summed E-state index contributed by atoms with van der Waals surface area (Å²) in [6, 6.07) is 7.49. The van der Waals surface area contributed by atoms with Crippen LogP contribution in [0.15, 0.2) is 60.7 Å². The van der Waals surface area contributed by atoms with E-state index >= 15 is 0 Å². The lowest BCUT2D eigenvalue weighted by molar-refractivity contribution is -0.133. The molecule has 2 atom stereocenters. The molecule has 2 fully saturated rings. The molecule has 33 heavy (non-hydrogen) atoms. The van der Waals surface area contributed by atoms with E-state index in [1.165, 1.54) is 0 Å². The fourth-order valence-corrected chi connectivity index (χ4v) is 6.86. The van der Waals surface area contributed by atoms with Gasteiger partial charge in [-0.1, -0.05) is 55.1 Å². The third-order valence-electron chi connectivity index (χ3n) is 6.92. The Labute approximate surface area is 198 Å². The number of likely N-dealkylation sites (tertiary alicyclic amines) is 1. The van der Waals surface area contributed by atoms with Crippen molar-refractivity contribution in [2.75, 3.05) is 13.1 Å². The van der Waals surface area contributed by atoms with Crippen LogP contribution < -0.4 is 0 Å². The minimum atomic E-state index is -3.53. The summed E-state index contributed by atoms with van der Waals surface area (Å²) in [6.07, 6.45) is 9.70. The standard InChI is InChI=1S/C26H36N2O4S/c1-5-6-7-8-20(2)25-14-9-21(3)28(33(25,31)32)19-23-10-12-24(13-11-23)26(30)15-17-27(18-16-26)22(4)29/h5-8,10-13,21,25,30H,2,9,14-19H2,1,3-4H3/b6-5-,8-7-/t21-,25+/m0/s1. The number of hydrogen-bond acceptors (Lipinski definition) is 4. The average Bonchev–Trinajstić information content (AvgIpc) is 2.77. The highest BCUT2D eigenvalue weighted by molar-refractivity contribution is 7.90. The van der Waals surface area contributed by atoms with E-state index in [2.05, 4.69) is 6.58 Å². The second kappa shape index (κ2) is 10.4. The molecule has 1 aromatic carbocycles. The lowest BCUT2D eigenvalue weighted by Gasteiger charge is -2.39. The number of nitrogens with zero attached hydrogens (tertiary/aromatic N) is 2. The Morgan fingerprint density at radius 3 is 2.39 bits per heavy atom. The van der Waals surface area contributed by atoms with Gasteiger partial charge in [-0.3, -0.25) is 4.79 Å². The molecule has 3 rings (SSSR count). The number of benzene rings is 1. The first-order valence-electron chi connectivity index (χ1n) is 11.6. The molecule has 1 aromatic rings. The smallest absolute Gasteiger partial charge is 0.221 e. The van der Waals surface area contributed by atoms with E-state index in [0.717, 1.165) is 17.5 Å². The first kappa shape index (κ1) is 25.4. The van der Waals surface area contributed by atoms with Crippen molar-refractivity contribution in [1.82, 2.24) is 9.21 Å². The third kappa shape index (κ3) is 5.65. The van der Waals surface area contributed by atoms with Crippen molar-refractivity contribution in [3.63, 3.8) is 0 Å². The molecule has 0 aromatic heterocycles. The Kier molecular flexibility index (Phi) is 7.98. The fourth-order valence-electron chi connectivity index (χ4n) is 4.70. The highest BCUT2D eigenvalue weighted by atomic mass is 32.2. The van der Waals surface area contributed by atoms with Gasteiger partial charge in [-0.15, -0.1) is 0 Å². The molecule has 1 amide bonds. The number of carbonyl (C=O) groups excluding carboxylic acids is 1. The third-order valence-corrected chi connectivity index (χ3v) is 9.32. The molecule has 1 N–H and O–H groups in total. The van der Waals surface area contributed by atoms with Crippen molar-refractivity contribution in [3.05, 3.63) is 71.8 Å². The minimum absolute atomic E-state index is 0.0302. The summed E-state index contributed by atoms with van der Waals surface area (Å²) in [5, 5.41) is 10.5. The number of hydrogen-bond donors (Lipinski definition) is 1. The summed E-state index contributed by atoms with van der Waals surface area (Å²) >= 11 is 0. The first-order chi connectivity index (χ1) is 15.6. The van der Waals surface area contributed by atoms with Crippen LogP contribution in [0.1, 0.15) is 57.6 Å². The van der Waals surface area contributed by atoms with Crippen molar-refractivity contribution in [2.45, 2.75) is 69.9 Å². The van der Waals surface area contributed by atoms with Gasteiger partial charge in [0.1, 0.15) is 5.25 Å². The van der Waals surface area contributed by atoms with Crippen LogP contribution in [0, 0.1) is 0 Å². The molecule has 7 heteroatoms. The van der Waals surface area contributed by atoms with Crippen molar-refractivity contribution < 1.29 is 18.3 Å². The molecule has 0 radical (unpaired) electrons. The van der Waals surface area contributed by atoms with E-state index < -0.39 is 20.9 Å². The number of allylic oxidation sites excluding steroid dienone is 4.